The summed E-state index contributed by atoms with van der Waals surface area (Å²) in [5, 5.41) is 0. The van der Waals surface area contributed by atoms with E-state index in [-0.39, 0.29) is 5.60 Å². The standard InChI is InChI=1S/C19H32O2/c1-16(2)9-6-10-18(4)14(16)8-12-19(5)15(18)7-11-17(3,13-20)21-19/h13-15H,6-12H2,1-5H3/t14?,15-,17+,18+,19-/m1/s1. The van der Waals surface area contributed by atoms with Crippen molar-refractivity contribution in [1.29, 1.82) is 0 Å². The number of aldehydes is 1. The van der Waals surface area contributed by atoms with E-state index < -0.39 is 5.60 Å². The Morgan fingerprint density at radius 2 is 1.57 bits per heavy atom. The zero-order valence-corrected chi connectivity index (χ0v) is 14.5. The fourth-order valence-corrected chi connectivity index (χ4v) is 6.46. The van der Waals surface area contributed by atoms with Gasteiger partial charge in [0.1, 0.15) is 5.60 Å². The van der Waals surface area contributed by atoms with Crippen molar-refractivity contribution in [3.63, 3.8) is 0 Å². The minimum absolute atomic E-state index is 0.105. The summed E-state index contributed by atoms with van der Waals surface area (Å²) in [6.45, 7) is 11.7. The number of rotatable bonds is 1. The van der Waals surface area contributed by atoms with Crippen LogP contribution in [0.3, 0.4) is 0 Å². The van der Waals surface area contributed by atoms with Crippen LogP contribution in [0.1, 0.15) is 79.6 Å². The van der Waals surface area contributed by atoms with Gasteiger partial charge in [-0.05, 0) is 75.0 Å². The van der Waals surface area contributed by atoms with Gasteiger partial charge >= 0.3 is 0 Å². The van der Waals surface area contributed by atoms with Crippen molar-refractivity contribution in [2.45, 2.75) is 90.8 Å². The highest BCUT2D eigenvalue weighted by Gasteiger charge is 2.61. The number of hydrogen-bond donors (Lipinski definition) is 0. The van der Waals surface area contributed by atoms with Gasteiger partial charge in [-0.25, -0.2) is 0 Å². The van der Waals surface area contributed by atoms with Crippen LogP contribution in [0.2, 0.25) is 0 Å². The molecule has 3 aliphatic rings. The summed E-state index contributed by atoms with van der Waals surface area (Å²) >= 11 is 0. The average Bonchev–Trinajstić information content (AvgIpc) is 2.36. The zero-order valence-electron chi connectivity index (χ0n) is 14.5. The first-order chi connectivity index (χ1) is 9.65. The van der Waals surface area contributed by atoms with Gasteiger partial charge in [-0.15, -0.1) is 0 Å². The Hall–Kier alpha value is -0.370. The molecule has 1 saturated heterocycles. The Morgan fingerprint density at radius 1 is 0.905 bits per heavy atom. The molecule has 120 valence electrons. The lowest BCUT2D eigenvalue weighted by molar-refractivity contribution is -0.255. The predicted octanol–water partition coefficient (Wildman–Crippen LogP) is 4.76. The van der Waals surface area contributed by atoms with Gasteiger partial charge in [-0.1, -0.05) is 27.2 Å². The Morgan fingerprint density at radius 3 is 2.24 bits per heavy atom. The molecule has 21 heavy (non-hydrogen) atoms. The van der Waals surface area contributed by atoms with Crippen molar-refractivity contribution < 1.29 is 9.53 Å². The second kappa shape index (κ2) is 4.57. The van der Waals surface area contributed by atoms with E-state index in [0.717, 1.165) is 31.5 Å². The topological polar surface area (TPSA) is 26.3 Å². The molecule has 0 aromatic rings. The fourth-order valence-electron chi connectivity index (χ4n) is 6.46. The molecule has 3 fully saturated rings. The molecule has 5 atom stereocenters. The lowest BCUT2D eigenvalue weighted by atomic mass is 9.44. The monoisotopic (exact) mass is 292 g/mol. The minimum atomic E-state index is -0.557. The second-order valence-electron chi connectivity index (χ2n) is 9.38. The molecule has 0 radical (unpaired) electrons. The molecule has 0 aromatic heterocycles. The molecule has 2 aliphatic carbocycles. The summed E-state index contributed by atoms with van der Waals surface area (Å²) in [6.07, 6.45) is 9.49. The molecule has 1 aliphatic heterocycles. The summed E-state index contributed by atoms with van der Waals surface area (Å²) in [5.74, 6) is 1.41. The first-order valence-corrected chi connectivity index (χ1v) is 8.82. The Balaban J connectivity index is 1.94. The third-order valence-corrected chi connectivity index (χ3v) is 7.38. The molecule has 0 N–H and O–H groups in total. The van der Waals surface area contributed by atoms with Crippen LogP contribution in [-0.4, -0.2) is 17.5 Å². The van der Waals surface area contributed by atoms with E-state index >= 15 is 0 Å². The largest absolute Gasteiger partial charge is 0.361 e. The molecule has 1 unspecified atom stereocenters. The summed E-state index contributed by atoms with van der Waals surface area (Å²) < 4.78 is 6.43. The van der Waals surface area contributed by atoms with E-state index in [1.165, 1.54) is 25.7 Å². The van der Waals surface area contributed by atoms with Gasteiger partial charge in [0, 0.05) is 0 Å². The fraction of sp³-hybridized carbons (Fsp3) is 0.947. The highest BCUT2D eigenvalue weighted by molar-refractivity contribution is 5.62. The average molecular weight is 292 g/mol. The molecule has 1 heterocycles. The molecule has 2 heteroatoms. The van der Waals surface area contributed by atoms with Gasteiger partial charge < -0.3 is 9.53 Å². The van der Waals surface area contributed by atoms with Crippen molar-refractivity contribution in [3.8, 4) is 0 Å². The highest BCUT2D eigenvalue weighted by Crippen LogP contribution is 2.65. The van der Waals surface area contributed by atoms with Gasteiger partial charge in [0.2, 0.25) is 0 Å². The summed E-state index contributed by atoms with van der Waals surface area (Å²) in [4.78, 5) is 11.4. The van der Waals surface area contributed by atoms with Crippen LogP contribution < -0.4 is 0 Å². The van der Waals surface area contributed by atoms with Crippen molar-refractivity contribution in [2.75, 3.05) is 0 Å². The minimum Gasteiger partial charge on any atom is -0.361 e. The van der Waals surface area contributed by atoms with Crippen LogP contribution >= 0.6 is 0 Å². The van der Waals surface area contributed by atoms with Crippen molar-refractivity contribution in [2.24, 2.45) is 22.7 Å². The molecular formula is C19H32O2. The SMILES string of the molecule is CC1(C)CCC[C@@]2(C)C1CC[C@@]1(C)O[C@](C)(C=O)CC[C@@H]12. The number of ether oxygens (including phenoxy) is 1. The molecule has 3 rings (SSSR count). The van der Waals surface area contributed by atoms with E-state index in [0.29, 0.717) is 16.7 Å². The van der Waals surface area contributed by atoms with Crippen molar-refractivity contribution in [1.82, 2.24) is 0 Å². The van der Waals surface area contributed by atoms with Gasteiger partial charge in [0.05, 0.1) is 5.60 Å². The van der Waals surface area contributed by atoms with E-state index in [4.69, 9.17) is 4.74 Å². The van der Waals surface area contributed by atoms with Crippen LogP contribution in [-0.2, 0) is 9.53 Å². The van der Waals surface area contributed by atoms with E-state index in [9.17, 15) is 4.79 Å². The molecule has 2 nitrogen and oxygen atoms in total. The Labute approximate surface area is 130 Å². The quantitative estimate of drug-likeness (QED) is 0.652. The summed E-state index contributed by atoms with van der Waals surface area (Å²) in [6, 6.07) is 0. The van der Waals surface area contributed by atoms with E-state index in [1.807, 2.05) is 6.92 Å². The second-order valence-corrected chi connectivity index (χ2v) is 9.38. The maximum Gasteiger partial charge on any atom is 0.151 e. The molecule has 0 bridgehead atoms. The maximum atomic E-state index is 11.4. The maximum absolute atomic E-state index is 11.4. The van der Waals surface area contributed by atoms with Crippen LogP contribution in [0.5, 0.6) is 0 Å². The third kappa shape index (κ3) is 2.20. The Bertz CT molecular complexity index is 443. The number of hydrogen-bond acceptors (Lipinski definition) is 2. The summed E-state index contributed by atoms with van der Waals surface area (Å²) in [7, 11) is 0. The van der Waals surface area contributed by atoms with E-state index in [1.54, 1.807) is 0 Å². The molecule has 0 aromatic carbocycles. The number of fused-ring (bicyclic) bond motifs is 3. The lowest BCUT2D eigenvalue weighted by Gasteiger charge is -2.64. The van der Waals surface area contributed by atoms with Crippen LogP contribution in [0.15, 0.2) is 0 Å². The van der Waals surface area contributed by atoms with Crippen LogP contribution in [0.25, 0.3) is 0 Å². The van der Waals surface area contributed by atoms with Gasteiger partial charge in [0.15, 0.2) is 6.29 Å². The van der Waals surface area contributed by atoms with Gasteiger partial charge in [-0.2, -0.15) is 0 Å². The summed E-state index contributed by atoms with van der Waals surface area (Å²) in [5.41, 5.74) is 0.184. The van der Waals surface area contributed by atoms with Crippen molar-refractivity contribution >= 4 is 6.29 Å². The predicted molar refractivity (Wildman–Crippen MR) is 85.1 cm³/mol. The zero-order chi connectivity index (χ0) is 15.5. The third-order valence-electron chi connectivity index (χ3n) is 7.38. The van der Waals surface area contributed by atoms with E-state index in [2.05, 4.69) is 27.7 Å². The lowest BCUT2D eigenvalue weighted by Crippen LogP contribution is -2.63. The number of carbonyl (C=O) groups excluding carboxylic acids is 1. The Kier molecular flexibility index (Phi) is 3.37. The molecule has 0 spiro atoms. The molecule has 2 saturated carbocycles. The number of carbonyl (C=O) groups is 1. The smallest absolute Gasteiger partial charge is 0.151 e. The normalized spacial score (nSPS) is 52.6. The highest BCUT2D eigenvalue weighted by atomic mass is 16.5. The first-order valence-electron chi connectivity index (χ1n) is 8.82. The van der Waals surface area contributed by atoms with Crippen molar-refractivity contribution in [3.05, 3.63) is 0 Å². The van der Waals surface area contributed by atoms with Gasteiger partial charge in [0.25, 0.3) is 0 Å². The first kappa shape index (κ1) is 15.5. The van der Waals surface area contributed by atoms with Crippen LogP contribution in [0.4, 0.5) is 0 Å². The molecular weight excluding hydrogens is 260 g/mol. The van der Waals surface area contributed by atoms with Gasteiger partial charge in [-0.3, -0.25) is 0 Å². The molecule has 0 amide bonds. The van der Waals surface area contributed by atoms with Crippen LogP contribution in [0, 0.1) is 22.7 Å².